The summed E-state index contributed by atoms with van der Waals surface area (Å²) in [4.78, 5) is 0. The summed E-state index contributed by atoms with van der Waals surface area (Å²) in [5.41, 5.74) is 0.775. The van der Waals surface area contributed by atoms with Gasteiger partial charge in [0.25, 0.3) is 0 Å². The van der Waals surface area contributed by atoms with E-state index in [-0.39, 0.29) is 11.9 Å². The van der Waals surface area contributed by atoms with Crippen LogP contribution in [0.25, 0.3) is 0 Å². The molecule has 1 N–H and O–H groups in total. The monoisotopic (exact) mass is 257 g/mol. The molecule has 1 saturated carbocycles. The average molecular weight is 258 g/mol. The van der Waals surface area contributed by atoms with Crippen molar-refractivity contribution < 1.29 is 4.39 Å². The molecule has 0 radical (unpaired) electrons. The Bertz CT molecular complexity index is 316. The van der Waals surface area contributed by atoms with E-state index in [0.717, 1.165) is 10.0 Å². The van der Waals surface area contributed by atoms with E-state index in [1.807, 2.05) is 13.1 Å². The molecule has 2 rings (SSSR count). The summed E-state index contributed by atoms with van der Waals surface area (Å²) in [6.07, 6.45) is 2.40. The van der Waals surface area contributed by atoms with Gasteiger partial charge in [0.2, 0.25) is 0 Å². The lowest BCUT2D eigenvalue weighted by molar-refractivity contribution is 0.490. The van der Waals surface area contributed by atoms with E-state index in [1.54, 1.807) is 6.07 Å². The van der Waals surface area contributed by atoms with Crippen molar-refractivity contribution in [3.63, 3.8) is 0 Å². The van der Waals surface area contributed by atoms with Gasteiger partial charge in [-0.3, -0.25) is 0 Å². The molecule has 1 aliphatic carbocycles. The van der Waals surface area contributed by atoms with Gasteiger partial charge in [-0.25, -0.2) is 4.39 Å². The van der Waals surface area contributed by atoms with Crippen LogP contribution in [0.1, 0.15) is 24.4 Å². The first kappa shape index (κ1) is 10.1. The fourth-order valence-electron chi connectivity index (χ4n) is 1.85. The Kier molecular flexibility index (Phi) is 2.88. The van der Waals surface area contributed by atoms with Crippen LogP contribution in [-0.4, -0.2) is 7.05 Å². The van der Waals surface area contributed by atoms with Gasteiger partial charge < -0.3 is 5.32 Å². The van der Waals surface area contributed by atoms with Gasteiger partial charge in [0, 0.05) is 16.1 Å². The zero-order valence-corrected chi connectivity index (χ0v) is 9.64. The third-order valence-electron chi connectivity index (χ3n) is 2.72. The first-order chi connectivity index (χ1) is 6.74. The molecule has 14 heavy (non-hydrogen) atoms. The maximum Gasteiger partial charge on any atom is 0.129 e. The van der Waals surface area contributed by atoms with Crippen LogP contribution in [0.3, 0.4) is 0 Å². The molecule has 1 atom stereocenters. The average Bonchev–Trinajstić information content (AvgIpc) is 2.95. The second-order valence-electron chi connectivity index (χ2n) is 3.74. The number of rotatable bonds is 3. The van der Waals surface area contributed by atoms with Gasteiger partial charge in [0.15, 0.2) is 0 Å². The van der Waals surface area contributed by atoms with Crippen molar-refractivity contribution in [2.24, 2.45) is 5.92 Å². The minimum atomic E-state index is -0.120. The minimum absolute atomic E-state index is 0.120. The predicted octanol–water partition coefficient (Wildman–Crippen LogP) is 3.26. The van der Waals surface area contributed by atoms with Crippen molar-refractivity contribution in [2.75, 3.05) is 7.05 Å². The highest BCUT2D eigenvalue weighted by Crippen LogP contribution is 2.43. The van der Waals surface area contributed by atoms with Crippen LogP contribution in [0.2, 0.25) is 0 Å². The molecule has 1 nitrogen and oxygen atoms in total. The van der Waals surface area contributed by atoms with E-state index in [0.29, 0.717) is 5.92 Å². The Labute approximate surface area is 91.8 Å². The van der Waals surface area contributed by atoms with Gasteiger partial charge in [-0.05, 0) is 37.9 Å². The van der Waals surface area contributed by atoms with Gasteiger partial charge in [0.05, 0.1) is 0 Å². The zero-order chi connectivity index (χ0) is 10.1. The Morgan fingerprint density at radius 1 is 1.50 bits per heavy atom. The van der Waals surface area contributed by atoms with Gasteiger partial charge in [-0.2, -0.15) is 0 Å². The quantitative estimate of drug-likeness (QED) is 0.877. The fourth-order valence-corrected chi connectivity index (χ4v) is 2.44. The largest absolute Gasteiger partial charge is 0.313 e. The van der Waals surface area contributed by atoms with E-state index in [9.17, 15) is 4.39 Å². The molecule has 0 saturated heterocycles. The van der Waals surface area contributed by atoms with Crippen LogP contribution in [0.4, 0.5) is 4.39 Å². The van der Waals surface area contributed by atoms with Gasteiger partial charge >= 0.3 is 0 Å². The molecular formula is C11H13BrFN. The number of hydrogen-bond acceptors (Lipinski definition) is 1. The summed E-state index contributed by atoms with van der Waals surface area (Å²) in [5, 5.41) is 3.19. The Morgan fingerprint density at radius 3 is 2.71 bits per heavy atom. The van der Waals surface area contributed by atoms with Crippen molar-refractivity contribution in [3.8, 4) is 0 Å². The van der Waals surface area contributed by atoms with Gasteiger partial charge in [0.1, 0.15) is 5.82 Å². The zero-order valence-electron chi connectivity index (χ0n) is 8.06. The van der Waals surface area contributed by atoms with E-state index in [4.69, 9.17) is 0 Å². The Hall–Kier alpha value is -0.410. The summed E-state index contributed by atoms with van der Waals surface area (Å²) >= 11 is 3.40. The molecule has 0 amide bonds. The van der Waals surface area contributed by atoms with Crippen molar-refractivity contribution in [2.45, 2.75) is 18.9 Å². The lowest BCUT2D eigenvalue weighted by Crippen LogP contribution is -2.20. The predicted molar refractivity (Wildman–Crippen MR) is 58.6 cm³/mol. The SMILES string of the molecule is CNC(c1c(F)cccc1Br)C1CC1. The van der Waals surface area contributed by atoms with E-state index in [1.165, 1.54) is 18.9 Å². The highest BCUT2D eigenvalue weighted by atomic mass is 79.9. The lowest BCUT2D eigenvalue weighted by atomic mass is 10.0. The third kappa shape index (κ3) is 1.84. The normalized spacial score (nSPS) is 18.2. The number of hydrogen-bond donors (Lipinski definition) is 1. The molecule has 3 heteroatoms. The third-order valence-corrected chi connectivity index (χ3v) is 3.41. The molecule has 0 spiro atoms. The van der Waals surface area contributed by atoms with E-state index >= 15 is 0 Å². The van der Waals surface area contributed by atoms with Crippen LogP contribution in [0.15, 0.2) is 22.7 Å². The van der Waals surface area contributed by atoms with Crippen LogP contribution in [0, 0.1) is 11.7 Å². The summed E-state index contributed by atoms with van der Waals surface area (Å²) in [6, 6.07) is 5.30. The number of halogens is 2. The highest BCUT2D eigenvalue weighted by Gasteiger charge is 2.33. The number of benzene rings is 1. The first-order valence-electron chi connectivity index (χ1n) is 4.85. The van der Waals surface area contributed by atoms with Crippen molar-refractivity contribution >= 4 is 15.9 Å². The standard InChI is InChI=1S/C11H13BrFN/c1-14-11(7-5-6-7)10-8(12)3-2-4-9(10)13/h2-4,7,11,14H,5-6H2,1H3. The molecule has 0 aromatic heterocycles. The molecular weight excluding hydrogens is 245 g/mol. The van der Waals surface area contributed by atoms with Crippen LogP contribution in [-0.2, 0) is 0 Å². The Balaban J connectivity index is 2.36. The van der Waals surface area contributed by atoms with Crippen molar-refractivity contribution in [1.29, 1.82) is 0 Å². The minimum Gasteiger partial charge on any atom is -0.313 e. The smallest absolute Gasteiger partial charge is 0.129 e. The molecule has 1 aromatic rings. The second-order valence-corrected chi connectivity index (χ2v) is 4.59. The molecule has 1 fully saturated rings. The maximum absolute atomic E-state index is 13.6. The first-order valence-corrected chi connectivity index (χ1v) is 5.64. The van der Waals surface area contributed by atoms with Crippen molar-refractivity contribution in [1.82, 2.24) is 5.32 Å². The van der Waals surface area contributed by atoms with Gasteiger partial charge in [-0.15, -0.1) is 0 Å². The van der Waals surface area contributed by atoms with Crippen LogP contribution < -0.4 is 5.32 Å². The molecule has 0 aliphatic heterocycles. The Morgan fingerprint density at radius 2 is 2.21 bits per heavy atom. The summed E-state index contributed by atoms with van der Waals surface area (Å²) in [6.45, 7) is 0. The maximum atomic E-state index is 13.6. The molecule has 1 unspecified atom stereocenters. The molecule has 1 aromatic carbocycles. The topological polar surface area (TPSA) is 12.0 Å². The molecule has 0 bridgehead atoms. The second kappa shape index (κ2) is 3.99. The lowest BCUT2D eigenvalue weighted by Gasteiger charge is -2.18. The van der Waals surface area contributed by atoms with Crippen LogP contribution >= 0.6 is 15.9 Å². The summed E-state index contributed by atoms with van der Waals surface area (Å²) < 4.78 is 14.5. The van der Waals surface area contributed by atoms with Gasteiger partial charge in [-0.1, -0.05) is 22.0 Å². The molecule has 0 heterocycles. The van der Waals surface area contributed by atoms with E-state index < -0.39 is 0 Å². The molecule has 76 valence electrons. The molecule has 1 aliphatic rings. The van der Waals surface area contributed by atoms with Crippen molar-refractivity contribution in [3.05, 3.63) is 34.1 Å². The summed E-state index contributed by atoms with van der Waals surface area (Å²) in [5.74, 6) is 0.485. The van der Waals surface area contributed by atoms with Crippen LogP contribution in [0.5, 0.6) is 0 Å². The highest BCUT2D eigenvalue weighted by molar-refractivity contribution is 9.10. The van der Waals surface area contributed by atoms with E-state index in [2.05, 4.69) is 21.2 Å². The fraction of sp³-hybridized carbons (Fsp3) is 0.455. The number of nitrogens with one attached hydrogen (secondary N) is 1. The summed E-state index contributed by atoms with van der Waals surface area (Å²) in [7, 11) is 1.89.